The Balaban J connectivity index is 1.63. The Bertz CT molecular complexity index is 1170. The van der Waals surface area contributed by atoms with Gasteiger partial charge in [-0.2, -0.15) is 12.7 Å². The topological polar surface area (TPSA) is 91.8 Å². The molecule has 1 aromatic carbocycles. The lowest BCUT2D eigenvalue weighted by Gasteiger charge is -2.24. The highest BCUT2D eigenvalue weighted by Gasteiger charge is 2.32. The minimum atomic E-state index is -3.99. The van der Waals surface area contributed by atoms with E-state index in [-0.39, 0.29) is 18.3 Å². The van der Waals surface area contributed by atoms with Crippen molar-refractivity contribution in [2.75, 3.05) is 34.3 Å². The molecular weight excluding hydrogens is 447 g/mol. The lowest BCUT2D eigenvalue weighted by Crippen LogP contribution is -2.47. The highest BCUT2D eigenvalue weighted by molar-refractivity contribution is 7.87. The van der Waals surface area contributed by atoms with E-state index in [1.807, 2.05) is 7.05 Å². The van der Waals surface area contributed by atoms with Gasteiger partial charge in [0.15, 0.2) is 0 Å². The number of fused-ring (bicyclic) bond motifs is 1. The van der Waals surface area contributed by atoms with E-state index in [2.05, 4.69) is 14.6 Å². The van der Waals surface area contributed by atoms with Crippen molar-refractivity contribution in [2.24, 2.45) is 0 Å². The fourth-order valence-electron chi connectivity index (χ4n) is 4.77. The number of pyridine rings is 1. The summed E-state index contributed by atoms with van der Waals surface area (Å²) in [6, 6.07) is 4.64. The Morgan fingerprint density at radius 2 is 2.09 bits per heavy atom. The van der Waals surface area contributed by atoms with Gasteiger partial charge in [0.2, 0.25) is 11.8 Å². The molecule has 0 bridgehead atoms. The predicted octanol–water partition coefficient (Wildman–Crippen LogP) is 1.92. The van der Waals surface area contributed by atoms with Gasteiger partial charge in [-0.05, 0) is 79.2 Å². The highest BCUT2D eigenvalue weighted by atomic mass is 32.2. The Morgan fingerprint density at radius 3 is 2.79 bits per heavy atom. The summed E-state index contributed by atoms with van der Waals surface area (Å²) in [5.41, 5.74) is 3.25. The van der Waals surface area contributed by atoms with Crippen molar-refractivity contribution in [1.29, 1.82) is 0 Å². The van der Waals surface area contributed by atoms with Crippen LogP contribution < -0.4 is 9.46 Å². The SMILES string of the molecule is COc1cc(-c2cc(F)c3c(c2CC(=O)NS(=O)(=O)N(C)C2CCN(C)C2)CCC3)ccn1. The Hall–Kier alpha value is -2.56. The molecule has 1 fully saturated rings. The number of nitrogens with one attached hydrogen (secondary N) is 1. The molecule has 0 radical (unpaired) electrons. The molecule has 8 nitrogen and oxygen atoms in total. The van der Waals surface area contributed by atoms with Gasteiger partial charge in [0.05, 0.1) is 13.5 Å². The lowest BCUT2D eigenvalue weighted by atomic mass is 9.91. The maximum Gasteiger partial charge on any atom is 0.303 e. The number of hydrogen-bond donors (Lipinski definition) is 1. The van der Waals surface area contributed by atoms with Gasteiger partial charge in [-0.15, -0.1) is 0 Å². The molecule has 2 heterocycles. The number of rotatable bonds is 7. The van der Waals surface area contributed by atoms with Crippen LogP contribution in [0.1, 0.15) is 29.5 Å². The number of methoxy groups -OCH3 is 1. The zero-order chi connectivity index (χ0) is 23.8. The average molecular weight is 477 g/mol. The van der Waals surface area contributed by atoms with Crippen molar-refractivity contribution >= 4 is 16.1 Å². The van der Waals surface area contributed by atoms with Gasteiger partial charge >= 0.3 is 10.2 Å². The van der Waals surface area contributed by atoms with E-state index in [9.17, 15) is 17.6 Å². The van der Waals surface area contributed by atoms with Crippen molar-refractivity contribution in [1.82, 2.24) is 18.9 Å². The highest BCUT2D eigenvalue weighted by Crippen LogP contribution is 2.36. The van der Waals surface area contributed by atoms with Crippen LogP contribution in [-0.4, -0.2) is 68.9 Å². The summed E-state index contributed by atoms with van der Waals surface area (Å²) in [6.45, 7) is 1.42. The molecular formula is C23H29FN4O4S. The number of carbonyl (C=O) groups is 1. The lowest BCUT2D eigenvalue weighted by molar-refractivity contribution is -0.118. The first-order chi connectivity index (χ1) is 15.7. The summed E-state index contributed by atoms with van der Waals surface area (Å²) < 4.78 is 49.2. The van der Waals surface area contributed by atoms with Crippen LogP contribution in [0.5, 0.6) is 5.88 Å². The van der Waals surface area contributed by atoms with Gasteiger partial charge in [0.25, 0.3) is 0 Å². The molecule has 10 heteroatoms. The third-order valence-electron chi connectivity index (χ3n) is 6.56. The largest absolute Gasteiger partial charge is 0.481 e. The van der Waals surface area contributed by atoms with Gasteiger partial charge < -0.3 is 9.64 Å². The second-order valence-corrected chi connectivity index (χ2v) is 10.4. The van der Waals surface area contributed by atoms with Crippen LogP contribution in [0.2, 0.25) is 0 Å². The average Bonchev–Trinajstić information content (AvgIpc) is 3.44. The standard InChI is InChI=1S/C23H29FN4O4S/c1-27-10-8-16(14-27)28(2)33(30,31)26-22(29)13-20-17-5-4-6-18(17)21(24)12-19(20)15-7-9-25-23(11-15)32-3/h7,9,11-12,16H,4-6,8,10,13-14H2,1-3H3,(H,26,29). The van der Waals surface area contributed by atoms with E-state index in [0.717, 1.165) is 18.5 Å². The molecule has 1 N–H and O–H groups in total. The number of likely N-dealkylation sites (tertiary alicyclic amines) is 1. The molecule has 0 spiro atoms. The maximum absolute atomic E-state index is 14.9. The van der Waals surface area contributed by atoms with Crippen LogP contribution in [-0.2, 0) is 34.3 Å². The third kappa shape index (κ3) is 4.87. The fourth-order valence-corrected chi connectivity index (χ4v) is 5.84. The molecule has 1 saturated heterocycles. The van der Waals surface area contributed by atoms with Gasteiger partial charge in [-0.3, -0.25) is 4.79 Å². The van der Waals surface area contributed by atoms with Crippen LogP contribution in [0.15, 0.2) is 24.4 Å². The number of nitrogens with zero attached hydrogens (tertiary/aromatic N) is 3. The van der Waals surface area contributed by atoms with Crippen LogP contribution in [0.3, 0.4) is 0 Å². The number of likely N-dealkylation sites (N-methyl/N-ethyl adjacent to an activating group) is 2. The molecule has 1 amide bonds. The molecule has 1 atom stereocenters. The number of benzene rings is 1. The van der Waals surface area contributed by atoms with E-state index >= 15 is 0 Å². The summed E-state index contributed by atoms with van der Waals surface area (Å²) in [5.74, 6) is -0.583. The molecule has 1 aliphatic heterocycles. The van der Waals surface area contributed by atoms with Crippen LogP contribution in [0.4, 0.5) is 4.39 Å². The first kappa shape index (κ1) is 23.6. The Kier molecular flexibility index (Phi) is 6.69. The van der Waals surface area contributed by atoms with Crippen LogP contribution in [0.25, 0.3) is 11.1 Å². The summed E-state index contributed by atoms with van der Waals surface area (Å²) >= 11 is 0. The number of halogens is 1. The monoisotopic (exact) mass is 476 g/mol. The number of hydrogen-bond acceptors (Lipinski definition) is 6. The number of amides is 1. The molecule has 1 aromatic heterocycles. The van der Waals surface area contributed by atoms with E-state index in [4.69, 9.17) is 4.74 Å². The minimum Gasteiger partial charge on any atom is -0.481 e. The Labute approximate surface area is 193 Å². The maximum atomic E-state index is 14.9. The van der Waals surface area contributed by atoms with E-state index in [1.54, 1.807) is 18.3 Å². The zero-order valence-corrected chi connectivity index (χ0v) is 19.9. The molecule has 1 aliphatic carbocycles. The summed E-state index contributed by atoms with van der Waals surface area (Å²) in [4.78, 5) is 19.1. The zero-order valence-electron chi connectivity index (χ0n) is 19.1. The minimum absolute atomic E-state index is 0.166. The molecule has 2 aliphatic rings. The second-order valence-electron chi connectivity index (χ2n) is 8.71. The van der Waals surface area contributed by atoms with Crippen molar-refractivity contribution in [3.63, 3.8) is 0 Å². The number of aromatic nitrogens is 1. The van der Waals surface area contributed by atoms with Gasteiger partial charge in [0, 0.05) is 31.9 Å². The summed E-state index contributed by atoms with van der Waals surface area (Å²) in [5, 5.41) is 0. The summed E-state index contributed by atoms with van der Waals surface area (Å²) in [6.07, 6.45) is 4.14. The first-order valence-corrected chi connectivity index (χ1v) is 12.4. The van der Waals surface area contributed by atoms with Crippen LogP contribution >= 0.6 is 0 Å². The van der Waals surface area contributed by atoms with E-state index in [0.29, 0.717) is 53.9 Å². The fraction of sp³-hybridized carbons (Fsp3) is 0.478. The van der Waals surface area contributed by atoms with Crippen molar-refractivity contribution in [3.05, 3.63) is 46.9 Å². The molecule has 4 rings (SSSR count). The second kappa shape index (κ2) is 9.36. The first-order valence-electron chi connectivity index (χ1n) is 11.0. The molecule has 2 aromatic rings. The van der Waals surface area contributed by atoms with Gasteiger partial charge in [-0.25, -0.2) is 14.1 Å². The van der Waals surface area contributed by atoms with Crippen molar-refractivity contribution in [3.8, 4) is 17.0 Å². The molecule has 1 unspecified atom stereocenters. The predicted molar refractivity (Wildman–Crippen MR) is 123 cm³/mol. The number of carbonyl (C=O) groups excluding carboxylic acids is 1. The summed E-state index contributed by atoms with van der Waals surface area (Å²) in [7, 11) is 0.924. The van der Waals surface area contributed by atoms with Crippen molar-refractivity contribution < 1.29 is 22.3 Å². The molecule has 178 valence electrons. The normalized spacial score (nSPS) is 18.5. The van der Waals surface area contributed by atoms with Crippen molar-refractivity contribution in [2.45, 2.75) is 38.1 Å². The van der Waals surface area contributed by atoms with E-state index < -0.39 is 16.1 Å². The van der Waals surface area contributed by atoms with Gasteiger partial charge in [0.1, 0.15) is 5.82 Å². The van der Waals surface area contributed by atoms with Crippen LogP contribution in [0, 0.1) is 5.82 Å². The quantitative estimate of drug-likeness (QED) is 0.657. The van der Waals surface area contributed by atoms with E-state index in [1.165, 1.54) is 24.5 Å². The molecule has 33 heavy (non-hydrogen) atoms. The van der Waals surface area contributed by atoms with Gasteiger partial charge in [-0.1, -0.05) is 0 Å². The Morgan fingerprint density at radius 1 is 1.33 bits per heavy atom. The molecule has 0 saturated carbocycles. The third-order valence-corrected chi connectivity index (χ3v) is 8.10. The smallest absolute Gasteiger partial charge is 0.303 e. The number of ether oxygens (including phenoxy) is 1.